The fourth-order valence-corrected chi connectivity index (χ4v) is 5.07. The van der Waals surface area contributed by atoms with Crippen molar-refractivity contribution in [2.45, 2.75) is 6.92 Å². The van der Waals surface area contributed by atoms with Crippen molar-refractivity contribution in [3.05, 3.63) is 78.4 Å². The highest BCUT2D eigenvalue weighted by atomic mass is 32.1. The molecule has 0 saturated carbocycles. The lowest BCUT2D eigenvalue weighted by Crippen LogP contribution is -2.48. The summed E-state index contributed by atoms with van der Waals surface area (Å²) in [5.74, 6) is 0.924. The predicted octanol–water partition coefficient (Wildman–Crippen LogP) is 5.32. The molecule has 0 bridgehead atoms. The lowest BCUT2D eigenvalue weighted by molar-refractivity contribution is 0.0747. The quantitative estimate of drug-likeness (QED) is 0.419. The van der Waals surface area contributed by atoms with Crippen LogP contribution >= 0.6 is 11.3 Å². The van der Waals surface area contributed by atoms with Gasteiger partial charge >= 0.3 is 0 Å². The largest absolute Gasteiger partial charge is 0.492 e. The molecule has 0 radical (unpaired) electrons. The van der Waals surface area contributed by atoms with Gasteiger partial charge in [-0.1, -0.05) is 59.9 Å². The van der Waals surface area contributed by atoms with Crippen molar-refractivity contribution in [3.8, 4) is 16.9 Å². The van der Waals surface area contributed by atoms with Gasteiger partial charge in [0.15, 0.2) is 5.13 Å². The number of carbonyl (C=O) groups excluding carboxylic acids is 1. The van der Waals surface area contributed by atoms with E-state index in [0.717, 1.165) is 50.9 Å². The molecule has 162 valence electrons. The number of ether oxygens (including phenoxy) is 1. The normalized spacial score (nSPS) is 14.0. The Labute approximate surface area is 191 Å². The highest BCUT2D eigenvalue weighted by molar-refractivity contribution is 7.22. The van der Waals surface area contributed by atoms with Gasteiger partial charge in [-0.15, -0.1) is 0 Å². The number of benzene rings is 3. The summed E-state index contributed by atoms with van der Waals surface area (Å²) in [7, 11) is 0. The first-order chi connectivity index (χ1) is 15.7. The average molecular weight is 444 g/mol. The topological polar surface area (TPSA) is 45.7 Å². The first kappa shape index (κ1) is 20.5. The number of rotatable bonds is 5. The summed E-state index contributed by atoms with van der Waals surface area (Å²) in [6, 6.07) is 24.2. The molecular weight excluding hydrogens is 418 g/mol. The van der Waals surface area contributed by atoms with Gasteiger partial charge in [-0.25, -0.2) is 4.98 Å². The molecule has 0 aliphatic carbocycles. The molecule has 0 spiro atoms. The van der Waals surface area contributed by atoms with Crippen molar-refractivity contribution in [2.75, 3.05) is 37.7 Å². The number of piperazine rings is 1. The zero-order valence-corrected chi connectivity index (χ0v) is 18.8. The Kier molecular flexibility index (Phi) is 5.77. The number of aromatic nitrogens is 1. The lowest BCUT2D eigenvalue weighted by Gasteiger charge is -2.34. The van der Waals surface area contributed by atoms with Crippen LogP contribution in [0.5, 0.6) is 5.75 Å². The summed E-state index contributed by atoms with van der Waals surface area (Å²) >= 11 is 1.68. The zero-order valence-electron chi connectivity index (χ0n) is 18.0. The van der Waals surface area contributed by atoms with Gasteiger partial charge in [0.2, 0.25) is 0 Å². The minimum Gasteiger partial charge on any atom is -0.492 e. The van der Waals surface area contributed by atoms with E-state index in [1.165, 1.54) is 0 Å². The molecule has 5 rings (SSSR count). The third-order valence-electron chi connectivity index (χ3n) is 5.75. The number of carbonyl (C=O) groups is 1. The number of fused-ring (bicyclic) bond motifs is 1. The summed E-state index contributed by atoms with van der Waals surface area (Å²) in [6.45, 7) is 5.53. The van der Waals surface area contributed by atoms with Crippen LogP contribution in [0, 0.1) is 0 Å². The minimum absolute atomic E-state index is 0.0900. The van der Waals surface area contributed by atoms with Crippen LogP contribution in [-0.4, -0.2) is 48.6 Å². The number of para-hydroxylation sites is 1. The van der Waals surface area contributed by atoms with Gasteiger partial charge in [-0.05, 0) is 42.3 Å². The number of amides is 1. The summed E-state index contributed by atoms with van der Waals surface area (Å²) in [4.78, 5) is 22.1. The van der Waals surface area contributed by atoms with Crippen LogP contribution in [0.2, 0.25) is 0 Å². The molecule has 1 aliphatic heterocycles. The fraction of sp³-hybridized carbons (Fsp3) is 0.231. The number of anilines is 1. The predicted molar refractivity (Wildman–Crippen MR) is 131 cm³/mol. The fourth-order valence-electron chi connectivity index (χ4n) is 4.04. The smallest absolute Gasteiger partial charge is 0.253 e. The average Bonchev–Trinajstić information content (AvgIpc) is 3.30. The third-order valence-corrected chi connectivity index (χ3v) is 6.83. The minimum atomic E-state index is 0.0900. The lowest BCUT2D eigenvalue weighted by atomic mass is 10.0. The Morgan fingerprint density at radius 2 is 1.62 bits per heavy atom. The van der Waals surface area contributed by atoms with Crippen LogP contribution in [0.3, 0.4) is 0 Å². The first-order valence-electron chi connectivity index (χ1n) is 10.9. The molecule has 3 aromatic carbocycles. The van der Waals surface area contributed by atoms with E-state index < -0.39 is 0 Å². The molecule has 5 nitrogen and oxygen atoms in total. The van der Waals surface area contributed by atoms with E-state index in [1.54, 1.807) is 11.3 Å². The maximum absolute atomic E-state index is 13.0. The van der Waals surface area contributed by atoms with Crippen molar-refractivity contribution in [2.24, 2.45) is 0 Å². The van der Waals surface area contributed by atoms with E-state index in [4.69, 9.17) is 9.72 Å². The third kappa shape index (κ3) is 4.06. The highest BCUT2D eigenvalue weighted by Gasteiger charge is 2.24. The molecule has 1 amide bonds. The van der Waals surface area contributed by atoms with Crippen molar-refractivity contribution < 1.29 is 9.53 Å². The van der Waals surface area contributed by atoms with Crippen LogP contribution in [0.15, 0.2) is 72.8 Å². The van der Waals surface area contributed by atoms with Crippen LogP contribution in [0.4, 0.5) is 5.13 Å². The second-order valence-electron chi connectivity index (χ2n) is 7.75. The summed E-state index contributed by atoms with van der Waals surface area (Å²) in [6.07, 6.45) is 0. The molecule has 4 aromatic rings. The molecule has 0 N–H and O–H groups in total. The van der Waals surface area contributed by atoms with Crippen LogP contribution in [0.1, 0.15) is 17.3 Å². The second kappa shape index (κ2) is 9.01. The molecule has 32 heavy (non-hydrogen) atoms. The molecule has 0 atom stereocenters. The van der Waals surface area contributed by atoms with E-state index in [0.29, 0.717) is 19.7 Å². The van der Waals surface area contributed by atoms with Gasteiger partial charge in [-0.3, -0.25) is 4.79 Å². The maximum Gasteiger partial charge on any atom is 0.253 e. The number of thiazole rings is 1. The Morgan fingerprint density at radius 1 is 0.906 bits per heavy atom. The van der Waals surface area contributed by atoms with E-state index in [2.05, 4.69) is 23.1 Å². The summed E-state index contributed by atoms with van der Waals surface area (Å²) in [5.41, 5.74) is 3.93. The van der Waals surface area contributed by atoms with E-state index >= 15 is 0 Å². The zero-order chi connectivity index (χ0) is 21.9. The van der Waals surface area contributed by atoms with Gasteiger partial charge in [0.05, 0.1) is 11.3 Å². The van der Waals surface area contributed by atoms with E-state index in [9.17, 15) is 4.79 Å². The molecule has 1 aliphatic rings. The number of hydrogen-bond acceptors (Lipinski definition) is 5. The Bertz CT molecular complexity index is 1210. The second-order valence-corrected chi connectivity index (χ2v) is 8.76. The van der Waals surface area contributed by atoms with Gasteiger partial charge in [-0.2, -0.15) is 0 Å². The molecule has 2 heterocycles. The maximum atomic E-state index is 13.0. The number of hydrogen-bond donors (Lipinski definition) is 0. The Hall–Kier alpha value is -3.38. The summed E-state index contributed by atoms with van der Waals surface area (Å²) < 4.78 is 6.85. The standard InChI is InChI=1S/C26H25N3O2S/c1-2-31-22-9-6-10-23-24(22)27-26(32-23)29-17-15-28(16-18-29)25(30)21-13-11-20(12-14-21)19-7-4-3-5-8-19/h3-14H,2,15-18H2,1H3. The molecule has 1 fully saturated rings. The van der Waals surface area contributed by atoms with E-state index in [-0.39, 0.29) is 5.91 Å². The van der Waals surface area contributed by atoms with Gasteiger partial charge in [0.1, 0.15) is 11.3 Å². The Morgan fingerprint density at radius 3 is 2.34 bits per heavy atom. The Balaban J connectivity index is 1.25. The van der Waals surface area contributed by atoms with Crippen molar-refractivity contribution in [1.29, 1.82) is 0 Å². The molecule has 6 heteroatoms. The molecule has 0 unspecified atom stereocenters. The number of nitrogens with zero attached hydrogens (tertiary/aromatic N) is 3. The van der Waals surface area contributed by atoms with Gasteiger partial charge in [0, 0.05) is 31.7 Å². The van der Waals surface area contributed by atoms with Crippen LogP contribution in [0.25, 0.3) is 21.3 Å². The first-order valence-corrected chi connectivity index (χ1v) is 11.8. The van der Waals surface area contributed by atoms with Crippen LogP contribution < -0.4 is 9.64 Å². The molecular formula is C26H25N3O2S. The SMILES string of the molecule is CCOc1cccc2sc(N3CCN(C(=O)c4ccc(-c5ccccc5)cc4)CC3)nc12. The van der Waals surface area contributed by atoms with Gasteiger partial charge in [0.25, 0.3) is 5.91 Å². The monoisotopic (exact) mass is 443 g/mol. The van der Waals surface area contributed by atoms with Crippen molar-refractivity contribution in [3.63, 3.8) is 0 Å². The highest BCUT2D eigenvalue weighted by Crippen LogP contribution is 2.34. The molecule has 1 aromatic heterocycles. The summed E-state index contributed by atoms with van der Waals surface area (Å²) in [5, 5.41) is 0.992. The van der Waals surface area contributed by atoms with Crippen molar-refractivity contribution >= 4 is 32.6 Å². The van der Waals surface area contributed by atoms with Crippen molar-refractivity contribution in [1.82, 2.24) is 9.88 Å². The van der Waals surface area contributed by atoms with Crippen LogP contribution in [-0.2, 0) is 0 Å². The molecule has 1 saturated heterocycles. The van der Waals surface area contributed by atoms with Gasteiger partial charge < -0.3 is 14.5 Å². The van der Waals surface area contributed by atoms with E-state index in [1.807, 2.05) is 66.4 Å².